The quantitative estimate of drug-likeness (QED) is 0.178. The summed E-state index contributed by atoms with van der Waals surface area (Å²) in [5, 5.41) is 6.39. The lowest BCUT2D eigenvalue weighted by Gasteiger charge is -2.26. The normalized spacial score (nSPS) is 13.6. The van der Waals surface area contributed by atoms with Crippen LogP contribution in [0.3, 0.4) is 0 Å². The Kier molecular flexibility index (Phi) is 7.25. The van der Waals surface area contributed by atoms with Gasteiger partial charge in [-0.3, -0.25) is 28.8 Å². The molecule has 3 aliphatic rings. The van der Waals surface area contributed by atoms with Gasteiger partial charge in [0.05, 0.1) is 70.3 Å². The van der Waals surface area contributed by atoms with Crippen LogP contribution in [-0.4, -0.2) is 48.9 Å². The molecule has 10 nitrogen and oxygen atoms in total. The molecule has 0 saturated carbocycles. The van der Waals surface area contributed by atoms with Crippen molar-refractivity contribution in [1.29, 1.82) is 0 Å². The number of nitrogens with one attached hydrogen (secondary N) is 2. The van der Waals surface area contributed by atoms with Gasteiger partial charge in [-0.15, -0.1) is 0 Å². The highest BCUT2D eigenvalue weighted by Crippen LogP contribution is 2.43. The Morgan fingerprint density at radius 2 is 0.611 bits per heavy atom. The first kappa shape index (κ1) is 32.4. The summed E-state index contributed by atoms with van der Waals surface area (Å²) >= 11 is 0. The molecule has 0 fully saturated rings. The van der Waals surface area contributed by atoms with Gasteiger partial charge in [0.15, 0.2) is 34.7 Å². The van der Waals surface area contributed by atoms with Gasteiger partial charge in [0.25, 0.3) is 0 Å². The highest BCUT2D eigenvalue weighted by Gasteiger charge is 2.38. The predicted molar refractivity (Wildman–Crippen MR) is 199 cm³/mol. The third-order valence-corrected chi connectivity index (χ3v) is 10.1. The van der Waals surface area contributed by atoms with Gasteiger partial charge in [0, 0.05) is 33.4 Å². The number of benzene rings is 6. The maximum absolute atomic E-state index is 14.4. The number of ketones is 6. The molecule has 0 aromatic heterocycles. The number of methoxy groups -OCH3 is 2. The van der Waals surface area contributed by atoms with E-state index in [9.17, 15) is 28.8 Å². The minimum absolute atomic E-state index is 0.0888. The average molecular weight is 711 g/mol. The zero-order valence-corrected chi connectivity index (χ0v) is 28.7. The zero-order chi connectivity index (χ0) is 37.4. The highest BCUT2D eigenvalue weighted by atomic mass is 16.5. The highest BCUT2D eigenvalue weighted by molar-refractivity contribution is 6.34. The van der Waals surface area contributed by atoms with Crippen molar-refractivity contribution in [2.45, 2.75) is 0 Å². The third-order valence-electron chi connectivity index (χ3n) is 10.1. The number of hydrogen-bond acceptors (Lipinski definition) is 10. The van der Waals surface area contributed by atoms with Crippen molar-refractivity contribution >= 4 is 57.4 Å². The van der Waals surface area contributed by atoms with Crippen LogP contribution in [-0.2, 0) is 0 Å². The van der Waals surface area contributed by atoms with E-state index >= 15 is 0 Å². The fraction of sp³-hybridized carbons (Fsp3) is 0.0455. The molecule has 0 amide bonds. The van der Waals surface area contributed by atoms with Gasteiger partial charge in [-0.1, -0.05) is 72.8 Å². The summed E-state index contributed by atoms with van der Waals surface area (Å²) < 4.78 is 11.0. The van der Waals surface area contributed by atoms with E-state index in [1.807, 2.05) is 0 Å². The monoisotopic (exact) mass is 710 g/mol. The molecule has 2 N–H and O–H groups in total. The van der Waals surface area contributed by atoms with E-state index < -0.39 is 11.6 Å². The maximum atomic E-state index is 14.4. The van der Waals surface area contributed by atoms with Gasteiger partial charge in [0.2, 0.25) is 0 Å². The summed E-state index contributed by atoms with van der Waals surface area (Å²) in [6.07, 6.45) is 0. The van der Waals surface area contributed by atoms with Crippen molar-refractivity contribution < 1.29 is 38.2 Å². The molecular formula is C44H26N2O8. The van der Waals surface area contributed by atoms with Crippen LogP contribution in [0.1, 0.15) is 95.5 Å². The van der Waals surface area contributed by atoms with E-state index in [2.05, 4.69) is 10.6 Å². The lowest BCUT2D eigenvalue weighted by Crippen LogP contribution is -2.25. The van der Waals surface area contributed by atoms with E-state index in [1.165, 1.54) is 14.2 Å². The Bertz CT molecular complexity index is 2570. The number of rotatable bonds is 6. The number of anilines is 4. The molecule has 260 valence electrons. The van der Waals surface area contributed by atoms with Crippen molar-refractivity contribution in [3.05, 3.63) is 176 Å². The Labute approximate surface area is 307 Å². The SMILES string of the molecule is COc1ccc(Nc2cccc3c2C(=O)c2cccc(Nc4ccc(OC)c5c4C(=O)c4ccccc4C5=O)c2C3=O)c2c1C(=O)c1ccccc1C2=O. The first-order valence-corrected chi connectivity index (χ1v) is 16.9. The molecule has 0 aliphatic heterocycles. The second-order valence-electron chi connectivity index (χ2n) is 12.9. The molecule has 0 spiro atoms. The first-order chi connectivity index (χ1) is 26.2. The molecule has 10 heteroatoms. The Balaban J connectivity index is 1.12. The van der Waals surface area contributed by atoms with E-state index in [0.29, 0.717) is 0 Å². The maximum Gasteiger partial charge on any atom is 0.198 e. The summed E-state index contributed by atoms with van der Waals surface area (Å²) in [5.41, 5.74) is 2.85. The van der Waals surface area contributed by atoms with Gasteiger partial charge in [-0.05, 0) is 36.4 Å². The fourth-order valence-electron chi connectivity index (χ4n) is 7.68. The number of ether oxygens (including phenoxy) is 2. The van der Waals surface area contributed by atoms with Crippen molar-refractivity contribution in [3.8, 4) is 11.5 Å². The zero-order valence-electron chi connectivity index (χ0n) is 28.7. The topological polar surface area (TPSA) is 145 Å². The summed E-state index contributed by atoms with van der Waals surface area (Å²) in [4.78, 5) is 83.9. The second-order valence-corrected chi connectivity index (χ2v) is 12.9. The average Bonchev–Trinajstić information content (AvgIpc) is 3.20. The Morgan fingerprint density at radius 3 is 0.963 bits per heavy atom. The molecule has 0 heterocycles. The summed E-state index contributed by atoms with van der Waals surface area (Å²) in [6, 6.07) is 29.0. The van der Waals surface area contributed by atoms with Gasteiger partial charge in [-0.2, -0.15) is 0 Å². The predicted octanol–water partition coefficient (Wildman–Crippen LogP) is 7.52. The van der Waals surface area contributed by atoms with Crippen molar-refractivity contribution in [2.75, 3.05) is 24.9 Å². The molecule has 6 aromatic carbocycles. The lowest BCUT2D eigenvalue weighted by molar-refractivity contribution is 0.0977. The minimum atomic E-state index is -0.460. The number of fused-ring (bicyclic) bond motifs is 6. The van der Waals surface area contributed by atoms with Crippen LogP contribution >= 0.6 is 0 Å². The standard InChI is InChI=1S/C44H26N2O8/c1-53-31-19-17-29(35-37(31)41(49)23-11-5-3-9-21(23)39(35)47)45-27-15-7-13-25-33(27)43(51)26-14-8-16-28(34(26)44(25)52)46-30-18-20-32(54-2)38-36(30)40(48)22-10-4-6-12-24(22)42(38)50/h3-20,45-46H,1-2H3. The number of carbonyl (C=O) groups is 6. The van der Waals surface area contributed by atoms with Crippen LogP contribution in [0.2, 0.25) is 0 Å². The first-order valence-electron chi connectivity index (χ1n) is 16.9. The second kappa shape index (κ2) is 12.1. The van der Waals surface area contributed by atoms with Crippen molar-refractivity contribution in [1.82, 2.24) is 0 Å². The molecule has 0 bridgehead atoms. The van der Waals surface area contributed by atoms with Gasteiger partial charge < -0.3 is 20.1 Å². The molecule has 6 aromatic rings. The molecular weight excluding hydrogens is 684 g/mol. The van der Waals surface area contributed by atoms with Crippen LogP contribution < -0.4 is 20.1 Å². The van der Waals surface area contributed by atoms with Crippen LogP contribution in [0.5, 0.6) is 11.5 Å². The van der Waals surface area contributed by atoms with Crippen LogP contribution in [0.15, 0.2) is 109 Å². The minimum Gasteiger partial charge on any atom is -0.496 e. The van der Waals surface area contributed by atoms with Crippen LogP contribution in [0.25, 0.3) is 0 Å². The summed E-state index contributed by atoms with van der Waals surface area (Å²) in [5.74, 6) is -1.98. The summed E-state index contributed by atoms with van der Waals surface area (Å²) in [7, 11) is 2.83. The van der Waals surface area contributed by atoms with E-state index in [1.54, 1.807) is 109 Å². The molecule has 9 rings (SSSR count). The molecule has 54 heavy (non-hydrogen) atoms. The third kappa shape index (κ3) is 4.53. The Hall–Kier alpha value is -7.46. The van der Waals surface area contributed by atoms with E-state index in [0.717, 1.165) is 0 Å². The number of carbonyl (C=O) groups excluding carboxylic acids is 6. The van der Waals surface area contributed by atoms with Crippen LogP contribution in [0, 0.1) is 0 Å². The number of hydrogen-bond donors (Lipinski definition) is 2. The van der Waals surface area contributed by atoms with Crippen molar-refractivity contribution in [2.24, 2.45) is 0 Å². The van der Waals surface area contributed by atoms with Crippen LogP contribution in [0.4, 0.5) is 22.7 Å². The van der Waals surface area contributed by atoms with E-state index in [4.69, 9.17) is 9.47 Å². The largest absolute Gasteiger partial charge is 0.496 e. The summed E-state index contributed by atoms with van der Waals surface area (Å²) in [6.45, 7) is 0. The fourth-order valence-corrected chi connectivity index (χ4v) is 7.68. The smallest absolute Gasteiger partial charge is 0.198 e. The Morgan fingerprint density at radius 1 is 0.315 bits per heavy atom. The van der Waals surface area contributed by atoms with Gasteiger partial charge in [0.1, 0.15) is 11.5 Å². The molecule has 0 unspecified atom stereocenters. The molecule has 0 radical (unpaired) electrons. The van der Waals surface area contributed by atoms with Crippen molar-refractivity contribution in [3.63, 3.8) is 0 Å². The molecule has 0 atom stereocenters. The lowest BCUT2D eigenvalue weighted by atomic mass is 9.81. The van der Waals surface area contributed by atoms with Gasteiger partial charge >= 0.3 is 0 Å². The van der Waals surface area contributed by atoms with Gasteiger partial charge in [-0.25, -0.2) is 0 Å². The molecule has 0 saturated heterocycles. The molecule has 3 aliphatic carbocycles. The van der Waals surface area contributed by atoms with E-state index in [-0.39, 0.29) is 124 Å².